The molecule has 0 aromatic heterocycles. The van der Waals surface area contributed by atoms with Crippen LogP contribution >= 0.6 is 0 Å². The van der Waals surface area contributed by atoms with Crippen LogP contribution in [0.1, 0.15) is 52.9 Å². The molecule has 0 radical (unpaired) electrons. The first kappa shape index (κ1) is 14.5. The summed E-state index contributed by atoms with van der Waals surface area (Å²) in [7, 11) is 0. The Morgan fingerprint density at radius 2 is 2.06 bits per heavy atom. The molecule has 0 heterocycles. The summed E-state index contributed by atoms with van der Waals surface area (Å²) in [6.45, 7) is 8.07. The normalized spacial score (nSPS) is 17.2. The SMILES string of the molecule is CCCN(C(=O)C[C@@H](CN)CC(C)C)C1CC1. The fraction of sp³-hybridized carbons (Fsp3) is 0.929. The van der Waals surface area contributed by atoms with Crippen LogP contribution in [0.3, 0.4) is 0 Å². The Bertz CT molecular complexity index is 236. The third-order valence-corrected chi connectivity index (χ3v) is 3.37. The van der Waals surface area contributed by atoms with E-state index in [0.717, 1.165) is 19.4 Å². The molecule has 100 valence electrons. The number of rotatable bonds is 8. The van der Waals surface area contributed by atoms with Crippen molar-refractivity contribution in [2.45, 2.75) is 58.9 Å². The average molecular weight is 240 g/mol. The van der Waals surface area contributed by atoms with Gasteiger partial charge in [-0.1, -0.05) is 20.8 Å². The van der Waals surface area contributed by atoms with Gasteiger partial charge < -0.3 is 10.6 Å². The minimum atomic E-state index is 0.324. The first-order valence-corrected chi connectivity index (χ1v) is 7.08. The molecule has 0 saturated heterocycles. The predicted octanol–water partition coefficient (Wildman–Crippen LogP) is 2.40. The number of hydrogen-bond acceptors (Lipinski definition) is 2. The van der Waals surface area contributed by atoms with Crippen molar-refractivity contribution in [2.24, 2.45) is 17.6 Å². The minimum Gasteiger partial charge on any atom is -0.340 e. The van der Waals surface area contributed by atoms with E-state index in [4.69, 9.17) is 5.73 Å². The molecule has 1 amide bonds. The molecule has 0 spiro atoms. The summed E-state index contributed by atoms with van der Waals surface area (Å²) in [5, 5.41) is 0. The van der Waals surface area contributed by atoms with E-state index < -0.39 is 0 Å². The Kier molecular flexibility index (Phi) is 5.96. The standard InChI is InChI=1S/C14H28N2O/c1-4-7-16(13-5-6-13)14(17)9-12(10-15)8-11(2)3/h11-13H,4-10,15H2,1-3H3/t12-/m0/s1. The molecule has 1 aliphatic rings. The number of nitrogens with zero attached hydrogens (tertiary/aromatic N) is 1. The van der Waals surface area contributed by atoms with E-state index in [1.165, 1.54) is 12.8 Å². The molecule has 0 bridgehead atoms. The maximum atomic E-state index is 12.2. The van der Waals surface area contributed by atoms with Gasteiger partial charge in [0.2, 0.25) is 5.91 Å². The van der Waals surface area contributed by atoms with Crippen molar-refractivity contribution >= 4 is 5.91 Å². The van der Waals surface area contributed by atoms with Gasteiger partial charge >= 0.3 is 0 Å². The molecule has 3 heteroatoms. The molecule has 1 aliphatic carbocycles. The van der Waals surface area contributed by atoms with Crippen molar-refractivity contribution < 1.29 is 4.79 Å². The van der Waals surface area contributed by atoms with E-state index in [0.29, 0.717) is 36.8 Å². The van der Waals surface area contributed by atoms with Gasteiger partial charge in [-0.25, -0.2) is 0 Å². The van der Waals surface area contributed by atoms with E-state index in [-0.39, 0.29) is 0 Å². The zero-order chi connectivity index (χ0) is 12.8. The van der Waals surface area contributed by atoms with Gasteiger partial charge in [-0.2, -0.15) is 0 Å². The molecule has 2 N–H and O–H groups in total. The quantitative estimate of drug-likeness (QED) is 0.708. The topological polar surface area (TPSA) is 46.3 Å². The van der Waals surface area contributed by atoms with Gasteiger partial charge in [-0.05, 0) is 44.1 Å². The highest BCUT2D eigenvalue weighted by Gasteiger charge is 2.32. The summed E-state index contributed by atoms with van der Waals surface area (Å²) in [5.41, 5.74) is 5.76. The van der Waals surface area contributed by atoms with Crippen molar-refractivity contribution in [1.29, 1.82) is 0 Å². The first-order valence-electron chi connectivity index (χ1n) is 7.08. The van der Waals surface area contributed by atoms with E-state index in [1.54, 1.807) is 0 Å². The van der Waals surface area contributed by atoms with Crippen LogP contribution in [0, 0.1) is 11.8 Å². The van der Waals surface area contributed by atoms with Gasteiger partial charge in [-0.15, -0.1) is 0 Å². The van der Waals surface area contributed by atoms with E-state index in [9.17, 15) is 4.79 Å². The second kappa shape index (κ2) is 7.00. The van der Waals surface area contributed by atoms with Crippen LogP contribution in [0.2, 0.25) is 0 Å². The molecule has 0 aromatic carbocycles. The molecule has 0 aromatic rings. The Balaban J connectivity index is 2.43. The molecular weight excluding hydrogens is 212 g/mol. The van der Waals surface area contributed by atoms with Crippen LogP contribution in [0.15, 0.2) is 0 Å². The summed E-state index contributed by atoms with van der Waals surface area (Å²) in [6, 6.07) is 0.542. The molecule has 0 unspecified atom stereocenters. The summed E-state index contributed by atoms with van der Waals surface area (Å²) in [6.07, 6.45) is 5.16. The lowest BCUT2D eigenvalue weighted by atomic mass is 9.93. The third-order valence-electron chi connectivity index (χ3n) is 3.37. The molecular formula is C14H28N2O. The molecule has 17 heavy (non-hydrogen) atoms. The third kappa shape index (κ3) is 5.07. The monoisotopic (exact) mass is 240 g/mol. The van der Waals surface area contributed by atoms with Crippen LogP contribution in [-0.4, -0.2) is 29.9 Å². The maximum Gasteiger partial charge on any atom is 0.223 e. The highest BCUT2D eigenvalue weighted by Crippen LogP contribution is 2.28. The Morgan fingerprint density at radius 3 is 2.47 bits per heavy atom. The van der Waals surface area contributed by atoms with Crippen molar-refractivity contribution in [3.05, 3.63) is 0 Å². The van der Waals surface area contributed by atoms with Crippen LogP contribution in [0.5, 0.6) is 0 Å². The lowest BCUT2D eigenvalue weighted by Crippen LogP contribution is -2.36. The van der Waals surface area contributed by atoms with Gasteiger partial charge in [0.1, 0.15) is 0 Å². The largest absolute Gasteiger partial charge is 0.340 e. The van der Waals surface area contributed by atoms with Crippen LogP contribution < -0.4 is 5.73 Å². The zero-order valence-electron chi connectivity index (χ0n) is 11.6. The van der Waals surface area contributed by atoms with Crippen molar-refractivity contribution in [2.75, 3.05) is 13.1 Å². The van der Waals surface area contributed by atoms with Gasteiger partial charge in [0, 0.05) is 19.0 Å². The fourth-order valence-electron chi connectivity index (χ4n) is 2.43. The lowest BCUT2D eigenvalue weighted by Gasteiger charge is -2.25. The van der Waals surface area contributed by atoms with Gasteiger partial charge in [0.25, 0.3) is 0 Å². The van der Waals surface area contributed by atoms with E-state index in [1.807, 2.05) is 0 Å². The number of nitrogens with two attached hydrogens (primary N) is 1. The van der Waals surface area contributed by atoms with Crippen molar-refractivity contribution in [1.82, 2.24) is 4.90 Å². The summed E-state index contributed by atoms with van der Waals surface area (Å²) in [4.78, 5) is 14.3. The number of amides is 1. The highest BCUT2D eigenvalue weighted by atomic mass is 16.2. The number of carbonyl (C=O) groups is 1. The number of hydrogen-bond donors (Lipinski definition) is 1. The second-order valence-corrected chi connectivity index (χ2v) is 5.75. The lowest BCUT2D eigenvalue weighted by molar-refractivity contribution is -0.132. The molecule has 1 saturated carbocycles. The van der Waals surface area contributed by atoms with Crippen LogP contribution in [-0.2, 0) is 4.79 Å². The van der Waals surface area contributed by atoms with Gasteiger partial charge in [0.15, 0.2) is 0 Å². The smallest absolute Gasteiger partial charge is 0.223 e. The second-order valence-electron chi connectivity index (χ2n) is 5.75. The zero-order valence-corrected chi connectivity index (χ0v) is 11.6. The van der Waals surface area contributed by atoms with Gasteiger partial charge in [-0.3, -0.25) is 4.79 Å². The van der Waals surface area contributed by atoms with Crippen molar-refractivity contribution in [3.63, 3.8) is 0 Å². The molecule has 0 aliphatic heterocycles. The molecule has 3 nitrogen and oxygen atoms in total. The fourth-order valence-corrected chi connectivity index (χ4v) is 2.43. The first-order chi connectivity index (χ1) is 8.08. The van der Waals surface area contributed by atoms with E-state index in [2.05, 4.69) is 25.7 Å². The summed E-state index contributed by atoms with van der Waals surface area (Å²) < 4.78 is 0. The summed E-state index contributed by atoms with van der Waals surface area (Å²) >= 11 is 0. The molecule has 1 fully saturated rings. The van der Waals surface area contributed by atoms with E-state index >= 15 is 0 Å². The minimum absolute atomic E-state index is 0.324. The summed E-state index contributed by atoms with van der Waals surface area (Å²) in [5.74, 6) is 1.31. The average Bonchev–Trinajstić information content (AvgIpc) is 3.07. The molecule has 1 atom stereocenters. The highest BCUT2D eigenvalue weighted by molar-refractivity contribution is 5.77. The van der Waals surface area contributed by atoms with Gasteiger partial charge in [0.05, 0.1) is 0 Å². The Morgan fingerprint density at radius 1 is 1.41 bits per heavy atom. The van der Waals surface area contributed by atoms with Crippen LogP contribution in [0.25, 0.3) is 0 Å². The Labute approximate surface area is 106 Å². The Hall–Kier alpha value is -0.570. The van der Waals surface area contributed by atoms with Crippen molar-refractivity contribution in [3.8, 4) is 0 Å². The predicted molar refractivity (Wildman–Crippen MR) is 71.6 cm³/mol. The maximum absolute atomic E-state index is 12.2. The molecule has 1 rings (SSSR count). The van der Waals surface area contributed by atoms with Crippen LogP contribution in [0.4, 0.5) is 0 Å². The number of carbonyl (C=O) groups excluding carboxylic acids is 1.